The Labute approximate surface area is 110 Å². The zero-order valence-electron chi connectivity index (χ0n) is 12.3. The molecular weight excluding hydrogens is 204 g/mol. The summed E-state index contributed by atoms with van der Waals surface area (Å²) < 4.78 is 0. The number of allylic oxidation sites excluding steroid dienone is 1. The fraction of sp³-hybridized carbons (Fsp3) is 0.882. The number of hydrogen-bond donors (Lipinski definition) is 0. The standard InChI is InChI=1S/C17H34/c1-4-7-9-11-12-14-16-17(6-3)15-13-10-8-5-2/h6,17H,3-5,7-16H2,1-2H3. The molecule has 0 aliphatic rings. The summed E-state index contributed by atoms with van der Waals surface area (Å²) in [5.74, 6) is 0.790. The van der Waals surface area contributed by atoms with Gasteiger partial charge in [-0.25, -0.2) is 0 Å². The summed E-state index contributed by atoms with van der Waals surface area (Å²) in [5, 5.41) is 0. The van der Waals surface area contributed by atoms with Gasteiger partial charge in [0.25, 0.3) is 0 Å². The Balaban J connectivity index is 3.32. The fourth-order valence-electron chi connectivity index (χ4n) is 2.40. The van der Waals surface area contributed by atoms with Gasteiger partial charge in [0.2, 0.25) is 0 Å². The van der Waals surface area contributed by atoms with Crippen molar-refractivity contribution in [3.8, 4) is 0 Å². The summed E-state index contributed by atoms with van der Waals surface area (Å²) in [5.41, 5.74) is 0. The zero-order chi connectivity index (χ0) is 12.8. The lowest BCUT2D eigenvalue weighted by atomic mass is 9.94. The van der Waals surface area contributed by atoms with Crippen molar-refractivity contribution in [2.24, 2.45) is 5.92 Å². The Bertz CT molecular complexity index is 148. The molecule has 0 saturated carbocycles. The van der Waals surface area contributed by atoms with Gasteiger partial charge in [-0.15, -0.1) is 6.58 Å². The molecule has 0 fully saturated rings. The Morgan fingerprint density at radius 1 is 0.706 bits per heavy atom. The fourth-order valence-corrected chi connectivity index (χ4v) is 2.40. The van der Waals surface area contributed by atoms with Crippen LogP contribution >= 0.6 is 0 Å². The van der Waals surface area contributed by atoms with Crippen LogP contribution in [-0.2, 0) is 0 Å². The van der Waals surface area contributed by atoms with Crippen LogP contribution in [0.5, 0.6) is 0 Å². The molecule has 0 amide bonds. The van der Waals surface area contributed by atoms with Gasteiger partial charge in [0, 0.05) is 0 Å². The summed E-state index contributed by atoms with van der Waals surface area (Å²) in [6.07, 6.45) is 19.0. The van der Waals surface area contributed by atoms with Crippen molar-refractivity contribution in [2.75, 3.05) is 0 Å². The van der Waals surface area contributed by atoms with Gasteiger partial charge in [-0.1, -0.05) is 84.1 Å². The molecule has 0 aromatic heterocycles. The lowest BCUT2D eigenvalue weighted by Gasteiger charge is -2.11. The summed E-state index contributed by atoms with van der Waals surface area (Å²) in [4.78, 5) is 0. The second kappa shape index (κ2) is 13.8. The largest absolute Gasteiger partial charge is 0.103 e. The van der Waals surface area contributed by atoms with Crippen molar-refractivity contribution >= 4 is 0 Å². The first-order valence-corrected chi connectivity index (χ1v) is 7.97. The van der Waals surface area contributed by atoms with Gasteiger partial charge < -0.3 is 0 Å². The highest BCUT2D eigenvalue weighted by Crippen LogP contribution is 2.19. The molecule has 0 aromatic rings. The molecule has 102 valence electrons. The van der Waals surface area contributed by atoms with Crippen molar-refractivity contribution in [1.29, 1.82) is 0 Å². The van der Waals surface area contributed by atoms with E-state index in [1.807, 2.05) is 0 Å². The van der Waals surface area contributed by atoms with E-state index in [9.17, 15) is 0 Å². The minimum Gasteiger partial charge on any atom is -0.103 e. The maximum absolute atomic E-state index is 3.99. The maximum Gasteiger partial charge on any atom is -0.0236 e. The SMILES string of the molecule is C=CC(CCCCCC)CCCCCCCC. The molecule has 0 spiro atoms. The summed E-state index contributed by atoms with van der Waals surface area (Å²) in [6, 6.07) is 0. The molecule has 0 aliphatic heterocycles. The van der Waals surface area contributed by atoms with Gasteiger partial charge >= 0.3 is 0 Å². The number of rotatable bonds is 13. The number of hydrogen-bond acceptors (Lipinski definition) is 0. The van der Waals surface area contributed by atoms with Crippen LogP contribution in [0.15, 0.2) is 12.7 Å². The molecular formula is C17H34. The minimum atomic E-state index is 0.790. The topological polar surface area (TPSA) is 0 Å². The molecule has 0 N–H and O–H groups in total. The average molecular weight is 238 g/mol. The van der Waals surface area contributed by atoms with E-state index in [-0.39, 0.29) is 0 Å². The van der Waals surface area contributed by atoms with Gasteiger partial charge in [-0.3, -0.25) is 0 Å². The van der Waals surface area contributed by atoms with Crippen LogP contribution in [0.2, 0.25) is 0 Å². The van der Waals surface area contributed by atoms with E-state index < -0.39 is 0 Å². The summed E-state index contributed by atoms with van der Waals surface area (Å²) >= 11 is 0. The van der Waals surface area contributed by atoms with E-state index in [0.717, 1.165) is 5.92 Å². The second-order valence-electron chi connectivity index (χ2n) is 5.40. The van der Waals surface area contributed by atoms with Crippen LogP contribution in [0, 0.1) is 5.92 Å². The molecule has 1 unspecified atom stereocenters. The van der Waals surface area contributed by atoms with Gasteiger partial charge in [0.1, 0.15) is 0 Å². The van der Waals surface area contributed by atoms with Gasteiger partial charge in [-0.05, 0) is 18.8 Å². The quantitative estimate of drug-likeness (QED) is 0.253. The van der Waals surface area contributed by atoms with E-state index in [2.05, 4.69) is 26.5 Å². The van der Waals surface area contributed by atoms with Crippen molar-refractivity contribution in [3.05, 3.63) is 12.7 Å². The van der Waals surface area contributed by atoms with Gasteiger partial charge in [-0.2, -0.15) is 0 Å². The van der Waals surface area contributed by atoms with Crippen LogP contribution < -0.4 is 0 Å². The molecule has 0 aliphatic carbocycles. The molecule has 0 nitrogen and oxygen atoms in total. The van der Waals surface area contributed by atoms with Crippen LogP contribution in [0.1, 0.15) is 90.9 Å². The molecule has 0 heterocycles. The lowest BCUT2D eigenvalue weighted by molar-refractivity contribution is 0.469. The third kappa shape index (κ3) is 12.0. The minimum absolute atomic E-state index is 0.790. The Hall–Kier alpha value is -0.260. The molecule has 17 heavy (non-hydrogen) atoms. The Morgan fingerprint density at radius 2 is 1.12 bits per heavy atom. The first kappa shape index (κ1) is 16.7. The molecule has 0 saturated heterocycles. The summed E-state index contributed by atoms with van der Waals surface area (Å²) in [6.45, 7) is 8.55. The molecule has 0 rings (SSSR count). The predicted octanol–water partition coefficient (Wildman–Crippen LogP) is 6.51. The third-order valence-corrected chi connectivity index (χ3v) is 3.69. The monoisotopic (exact) mass is 238 g/mol. The average Bonchev–Trinajstić information content (AvgIpc) is 2.36. The highest BCUT2D eigenvalue weighted by Gasteiger charge is 2.03. The van der Waals surface area contributed by atoms with Crippen molar-refractivity contribution < 1.29 is 0 Å². The normalized spacial score (nSPS) is 12.6. The van der Waals surface area contributed by atoms with E-state index >= 15 is 0 Å². The van der Waals surface area contributed by atoms with Crippen LogP contribution in [0.4, 0.5) is 0 Å². The predicted molar refractivity (Wildman–Crippen MR) is 80.4 cm³/mol. The molecule has 0 bridgehead atoms. The number of unbranched alkanes of at least 4 members (excludes halogenated alkanes) is 8. The van der Waals surface area contributed by atoms with E-state index in [4.69, 9.17) is 0 Å². The third-order valence-electron chi connectivity index (χ3n) is 3.69. The highest BCUT2D eigenvalue weighted by molar-refractivity contribution is 4.78. The smallest absolute Gasteiger partial charge is 0.0236 e. The molecule has 0 heteroatoms. The van der Waals surface area contributed by atoms with Gasteiger partial charge in [0.05, 0.1) is 0 Å². The zero-order valence-corrected chi connectivity index (χ0v) is 12.3. The summed E-state index contributed by atoms with van der Waals surface area (Å²) in [7, 11) is 0. The first-order valence-electron chi connectivity index (χ1n) is 7.97. The second-order valence-corrected chi connectivity index (χ2v) is 5.40. The molecule has 0 aromatic carbocycles. The van der Waals surface area contributed by atoms with Gasteiger partial charge in [0.15, 0.2) is 0 Å². The van der Waals surface area contributed by atoms with E-state index in [0.29, 0.717) is 0 Å². The first-order chi connectivity index (χ1) is 8.35. The molecule has 1 atom stereocenters. The van der Waals surface area contributed by atoms with Crippen molar-refractivity contribution in [1.82, 2.24) is 0 Å². The highest BCUT2D eigenvalue weighted by atomic mass is 14.1. The van der Waals surface area contributed by atoms with E-state index in [1.165, 1.54) is 77.0 Å². The Kier molecular flexibility index (Phi) is 13.6. The van der Waals surface area contributed by atoms with Crippen molar-refractivity contribution in [2.45, 2.75) is 90.9 Å². The van der Waals surface area contributed by atoms with Crippen LogP contribution in [-0.4, -0.2) is 0 Å². The van der Waals surface area contributed by atoms with Crippen LogP contribution in [0.3, 0.4) is 0 Å². The Morgan fingerprint density at radius 3 is 1.59 bits per heavy atom. The lowest BCUT2D eigenvalue weighted by Crippen LogP contribution is -1.96. The maximum atomic E-state index is 3.99. The van der Waals surface area contributed by atoms with Crippen molar-refractivity contribution in [3.63, 3.8) is 0 Å². The molecule has 0 radical (unpaired) electrons. The van der Waals surface area contributed by atoms with E-state index in [1.54, 1.807) is 0 Å². The van der Waals surface area contributed by atoms with Crippen LogP contribution in [0.25, 0.3) is 0 Å².